The minimum atomic E-state index is -3.64. The number of rotatable bonds is 11. The molecule has 156 valence electrons. The van der Waals surface area contributed by atoms with Gasteiger partial charge in [0, 0.05) is 19.7 Å². The second-order valence-corrected chi connectivity index (χ2v) is 7.98. The Balaban J connectivity index is 0.00000676. The summed E-state index contributed by atoms with van der Waals surface area (Å²) in [6.45, 7) is 9.83. The quantitative estimate of drug-likeness (QED) is 0.182. The van der Waals surface area contributed by atoms with Crippen LogP contribution in [-0.2, 0) is 21.2 Å². The monoisotopic (exact) mass is 512 g/mol. The number of halogens is 1. The van der Waals surface area contributed by atoms with E-state index in [1.54, 1.807) is 12.1 Å². The van der Waals surface area contributed by atoms with Crippen molar-refractivity contribution in [1.29, 1.82) is 0 Å². The Morgan fingerprint density at radius 2 is 1.85 bits per heavy atom. The van der Waals surface area contributed by atoms with Gasteiger partial charge in [0.2, 0.25) is 10.0 Å². The third kappa shape index (κ3) is 12.2. The number of sulfonamides is 1. The number of nitrogens with one attached hydrogen (secondary N) is 2. The van der Waals surface area contributed by atoms with Crippen LogP contribution in [0.15, 0.2) is 34.2 Å². The molecular weight excluding hydrogens is 479 g/mol. The van der Waals surface area contributed by atoms with Gasteiger partial charge in [0.25, 0.3) is 0 Å². The van der Waals surface area contributed by atoms with Gasteiger partial charge in [0.1, 0.15) is 0 Å². The lowest BCUT2D eigenvalue weighted by atomic mass is 10.1. The SMILES string of the molecule is CCNC(=NCCOCCC(C)C)NCCc1ccc(S(N)(=O)=O)cc1.I. The van der Waals surface area contributed by atoms with Crippen LogP contribution < -0.4 is 15.8 Å². The van der Waals surface area contributed by atoms with Gasteiger partial charge in [-0.15, -0.1) is 24.0 Å². The van der Waals surface area contributed by atoms with E-state index in [9.17, 15) is 8.42 Å². The molecule has 0 aromatic heterocycles. The van der Waals surface area contributed by atoms with E-state index in [2.05, 4.69) is 29.5 Å². The van der Waals surface area contributed by atoms with Gasteiger partial charge in [-0.3, -0.25) is 4.99 Å². The average Bonchev–Trinajstić information content (AvgIpc) is 2.57. The highest BCUT2D eigenvalue weighted by Gasteiger charge is 2.06. The van der Waals surface area contributed by atoms with Gasteiger partial charge in [0.05, 0.1) is 18.0 Å². The van der Waals surface area contributed by atoms with E-state index in [1.807, 2.05) is 6.92 Å². The molecule has 0 radical (unpaired) electrons. The number of hydrogen-bond acceptors (Lipinski definition) is 4. The normalized spacial score (nSPS) is 12.0. The molecule has 0 saturated carbocycles. The van der Waals surface area contributed by atoms with Crippen LogP contribution in [0.2, 0.25) is 0 Å². The maximum absolute atomic E-state index is 11.3. The standard InChI is InChI=1S/C18H32N4O3S.HI/c1-4-20-18(22-12-14-25-13-10-15(2)3)21-11-9-16-5-7-17(8-6-16)26(19,23)24;/h5-8,15H,4,9-14H2,1-3H3,(H2,19,23,24)(H2,20,21,22);1H. The van der Waals surface area contributed by atoms with Crippen molar-refractivity contribution in [3.05, 3.63) is 29.8 Å². The fraction of sp³-hybridized carbons (Fsp3) is 0.611. The lowest BCUT2D eigenvalue weighted by Gasteiger charge is -2.12. The molecule has 1 rings (SSSR count). The van der Waals surface area contributed by atoms with Gasteiger partial charge in [-0.25, -0.2) is 13.6 Å². The van der Waals surface area contributed by atoms with Gasteiger partial charge in [0.15, 0.2) is 5.96 Å². The Bertz CT molecular complexity index is 649. The number of primary sulfonamides is 1. The highest BCUT2D eigenvalue weighted by Crippen LogP contribution is 2.08. The minimum absolute atomic E-state index is 0. The van der Waals surface area contributed by atoms with Gasteiger partial charge >= 0.3 is 0 Å². The summed E-state index contributed by atoms with van der Waals surface area (Å²) < 4.78 is 28.1. The smallest absolute Gasteiger partial charge is 0.238 e. The van der Waals surface area contributed by atoms with Gasteiger partial charge < -0.3 is 15.4 Å². The van der Waals surface area contributed by atoms with Crippen LogP contribution in [0.3, 0.4) is 0 Å². The molecule has 0 unspecified atom stereocenters. The molecule has 0 bridgehead atoms. The highest BCUT2D eigenvalue weighted by molar-refractivity contribution is 14.0. The number of benzene rings is 1. The van der Waals surface area contributed by atoms with Crippen LogP contribution in [0.5, 0.6) is 0 Å². The first-order valence-corrected chi connectivity index (χ1v) is 10.6. The third-order valence-corrected chi connectivity index (χ3v) is 4.58. The van der Waals surface area contributed by atoms with Gasteiger partial charge in [-0.05, 0) is 43.4 Å². The first-order valence-electron chi connectivity index (χ1n) is 9.04. The minimum Gasteiger partial charge on any atom is -0.380 e. The number of hydrogen-bond donors (Lipinski definition) is 3. The van der Waals surface area contributed by atoms with Gasteiger partial charge in [-0.1, -0.05) is 26.0 Å². The predicted octanol–water partition coefficient (Wildman–Crippen LogP) is 2.11. The van der Waals surface area contributed by atoms with Crippen molar-refractivity contribution in [2.24, 2.45) is 16.0 Å². The van der Waals surface area contributed by atoms with E-state index in [4.69, 9.17) is 9.88 Å². The van der Waals surface area contributed by atoms with Crippen LogP contribution in [0.4, 0.5) is 0 Å². The lowest BCUT2D eigenvalue weighted by molar-refractivity contribution is 0.130. The summed E-state index contributed by atoms with van der Waals surface area (Å²) in [4.78, 5) is 4.61. The van der Waals surface area contributed by atoms with Crippen molar-refractivity contribution in [1.82, 2.24) is 10.6 Å². The fourth-order valence-corrected chi connectivity index (χ4v) is 2.67. The Hall–Kier alpha value is -0.910. The van der Waals surface area contributed by atoms with Gasteiger partial charge in [-0.2, -0.15) is 0 Å². The molecule has 4 N–H and O–H groups in total. The van der Waals surface area contributed by atoms with E-state index in [-0.39, 0.29) is 28.9 Å². The van der Waals surface area contributed by atoms with Crippen LogP contribution in [0.25, 0.3) is 0 Å². The maximum Gasteiger partial charge on any atom is 0.238 e. The molecule has 1 aromatic carbocycles. The van der Waals surface area contributed by atoms with E-state index >= 15 is 0 Å². The summed E-state index contributed by atoms with van der Waals surface area (Å²) in [6, 6.07) is 6.60. The Morgan fingerprint density at radius 3 is 2.41 bits per heavy atom. The first-order chi connectivity index (χ1) is 12.3. The summed E-state index contributed by atoms with van der Waals surface area (Å²) in [5.74, 6) is 1.40. The summed E-state index contributed by atoms with van der Waals surface area (Å²) in [7, 11) is -3.64. The summed E-state index contributed by atoms with van der Waals surface area (Å²) in [6.07, 6.45) is 1.81. The van der Waals surface area contributed by atoms with E-state index in [0.29, 0.717) is 25.6 Å². The topological polar surface area (TPSA) is 106 Å². The molecule has 7 nitrogen and oxygen atoms in total. The highest BCUT2D eigenvalue weighted by atomic mass is 127. The van der Waals surface area contributed by atoms with Crippen molar-refractivity contribution in [3.63, 3.8) is 0 Å². The predicted molar refractivity (Wildman–Crippen MR) is 121 cm³/mol. The molecule has 0 aliphatic rings. The maximum atomic E-state index is 11.3. The largest absolute Gasteiger partial charge is 0.380 e. The van der Waals surface area contributed by atoms with Crippen LogP contribution in [-0.4, -0.2) is 47.2 Å². The number of nitrogens with zero attached hydrogens (tertiary/aromatic N) is 1. The Labute approximate surface area is 180 Å². The summed E-state index contributed by atoms with van der Waals surface area (Å²) in [5.41, 5.74) is 1.03. The van der Waals surface area contributed by atoms with Crippen LogP contribution in [0, 0.1) is 5.92 Å². The summed E-state index contributed by atoms with van der Waals surface area (Å²) in [5, 5.41) is 11.6. The number of aliphatic imine (C=N–C) groups is 1. The molecule has 0 atom stereocenters. The number of nitrogens with two attached hydrogens (primary N) is 1. The molecule has 0 amide bonds. The molecule has 0 aliphatic heterocycles. The number of guanidine groups is 1. The fourth-order valence-electron chi connectivity index (χ4n) is 2.16. The third-order valence-electron chi connectivity index (χ3n) is 3.65. The van der Waals surface area contributed by atoms with Crippen molar-refractivity contribution >= 4 is 40.0 Å². The van der Waals surface area contributed by atoms with E-state index < -0.39 is 10.0 Å². The second kappa shape index (κ2) is 14.1. The molecule has 27 heavy (non-hydrogen) atoms. The van der Waals surface area contributed by atoms with E-state index in [1.165, 1.54) is 12.1 Å². The van der Waals surface area contributed by atoms with Crippen LogP contribution >= 0.6 is 24.0 Å². The molecule has 0 saturated heterocycles. The number of ether oxygens (including phenoxy) is 1. The molecule has 1 aromatic rings. The zero-order valence-corrected chi connectivity index (χ0v) is 19.5. The Morgan fingerprint density at radius 1 is 1.19 bits per heavy atom. The Kier molecular flexibility index (Phi) is 13.7. The van der Waals surface area contributed by atoms with Crippen molar-refractivity contribution in [3.8, 4) is 0 Å². The molecule has 0 aliphatic carbocycles. The molecule has 9 heteroatoms. The summed E-state index contributed by atoms with van der Waals surface area (Å²) >= 11 is 0. The zero-order valence-electron chi connectivity index (χ0n) is 16.4. The lowest BCUT2D eigenvalue weighted by Crippen LogP contribution is -2.38. The molecule has 0 spiro atoms. The zero-order chi connectivity index (χ0) is 19.4. The molecule has 0 heterocycles. The molecular formula is C18H33IN4O3S. The first kappa shape index (κ1) is 26.1. The average molecular weight is 512 g/mol. The van der Waals surface area contributed by atoms with Crippen LogP contribution in [0.1, 0.15) is 32.8 Å². The van der Waals surface area contributed by atoms with Crippen molar-refractivity contribution in [2.45, 2.75) is 38.5 Å². The van der Waals surface area contributed by atoms with E-state index in [0.717, 1.165) is 37.5 Å². The van der Waals surface area contributed by atoms with Crippen molar-refractivity contribution in [2.75, 3.05) is 32.8 Å². The molecule has 0 fully saturated rings. The van der Waals surface area contributed by atoms with Crippen molar-refractivity contribution < 1.29 is 13.2 Å². The second-order valence-electron chi connectivity index (χ2n) is 6.42.